The van der Waals surface area contributed by atoms with Crippen molar-refractivity contribution in [1.29, 1.82) is 0 Å². The van der Waals surface area contributed by atoms with Gasteiger partial charge in [-0.2, -0.15) is 0 Å². The number of rotatable bonds is 4. The summed E-state index contributed by atoms with van der Waals surface area (Å²) in [5, 5.41) is 3.26. The van der Waals surface area contributed by atoms with Crippen LogP contribution in [0.3, 0.4) is 0 Å². The number of aromatic nitrogens is 3. The molecule has 2 fully saturated rings. The summed E-state index contributed by atoms with van der Waals surface area (Å²) in [5.74, 6) is 1.44. The normalized spacial score (nSPS) is 23.2. The van der Waals surface area contributed by atoms with Crippen molar-refractivity contribution in [2.75, 3.05) is 5.32 Å². The standard InChI is InChI=1S/C20H21FN4/c21-15-3-1-4-16(15)23-19-6-2-5-17(24-19)18-11-22-20-10-9-14(12-25(18)20)13-7-8-13/h2,5-6,9-13,15-16H,1,3-4,7-8H2,(H,23,24)/t15-,16-/m0/s1. The van der Waals surface area contributed by atoms with Gasteiger partial charge in [0, 0.05) is 6.20 Å². The third kappa shape index (κ3) is 2.77. The van der Waals surface area contributed by atoms with Crippen molar-refractivity contribution in [3.05, 3.63) is 48.3 Å². The first-order valence-electron chi connectivity index (χ1n) is 9.13. The Hall–Kier alpha value is -2.43. The highest BCUT2D eigenvalue weighted by Gasteiger charge is 2.27. The van der Waals surface area contributed by atoms with Gasteiger partial charge in [-0.15, -0.1) is 0 Å². The number of halogens is 1. The van der Waals surface area contributed by atoms with Gasteiger partial charge in [0.05, 0.1) is 23.6 Å². The molecule has 2 aliphatic rings. The van der Waals surface area contributed by atoms with Crippen LogP contribution in [-0.2, 0) is 0 Å². The zero-order chi connectivity index (χ0) is 16.8. The summed E-state index contributed by atoms with van der Waals surface area (Å²) in [5.41, 5.74) is 4.13. The maximum atomic E-state index is 13.9. The van der Waals surface area contributed by atoms with Crippen LogP contribution in [0.25, 0.3) is 17.0 Å². The van der Waals surface area contributed by atoms with Crippen LogP contribution in [0.2, 0.25) is 0 Å². The lowest BCUT2D eigenvalue weighted by atomic mass is 10.2. The number of nitrogens with zero attached hydrogens (tertiary/aromatic N) is 3. The van der Waals surface area contributed by atoms with E-state index >= 15 is 0 Å². The van der Waals surface area contributed by atoms with Gasteiger partial charge in [0.2, 0.25) is 0 Å². The summed E-state index contributed by atoms with van der Waals surface area (Å²) in [4.78, 5) is 9.22. The highest BCUT2D eigenvalue weighted by Crippen LogP contribution is 2.40. The molecule has 0 bridgehead atoms. The molecule has 2 aliphatic carbocycles. The molecule has 0 radical (unpaired) electrons. The van der Waals surface area contributed by atoms with E-state index in [0.29, 0.717) is 12.3 Å². The summed E-state index contributed by atoms with van der Waals surface area (Å²) < 4.78 is 16.0. The molecule has 5 heteroatoms. The zero-order valence-electron chi connectivity index (χ0n) is 14.0. The lowest BCUT2D eigenvalue weighted by molar-refractivity contribution is 0.323. The summed E-state index contributed by atoms with van der Waals surface area (Å²) in [7, 11) is 0. The second-order valence-corrected chi connectivity index (χ2v) is 7.21. The predicted molar refractivity (Wildman–Crippen MR) is 96.6 cm³/mol. The summed E-state index contributed by atoms with van der Waals surface area (Å²) in [6, 6.07) is 10.00. The Morgan fingerprint density at radius 3 is 2.80 bits per heavy atom. The fourth-order valence-corrected chi connectivity index (χ4v) is 3.77. The van der Waals surface area contributed by atoms with E-state index in [-0.39, 0.29) is 6.04 Å². The molecule has 0 aliphatic heterocycles. The Balaban J connectivity index is 1.49. The van der Waals surface area contributed by atoms with Gasteiger partial charge in [-0.05, 0) is 61.8 Å². The van der Waals surface area contributed by atoms with Crippen LogP contribution in [0.5, 0.6) is 0 Å². The minimum Gasteiger partial charge on any atom is -0.364 e. The Bertz CT molecular complexity index is 915. The molecular formula is C20H21FN4. The topological polar surface area (TPSA) is 42.2 Å². The van der Waals surface area contributed by atoms with Gasteiger partial charge in [0.1, 0.15) is 17.6 Å². The number of pyridine rings is 2. The third-order valence-corrected chi connectivity index (χ3v) is 5.35. The van der Waals surface area contributed by atoms with Crippen LogP contribution in [0.1, 0.15) is 43.6 Å². The first-order chi connectivity index (χ1) is 12.3. The Morgan fingerprint density at radius 2 is 2.00 bits per heavy atom. The molecule has 3 heterocycles. The lowest BCUT2D eigenvalue weighted by Crippen LogP contribution is -2.25. The number of hydrogen-bond acceptors (Lipinski definition) is 3. The van der Waals surface area contributed by atoms with Crippen LogP contribution in [0.15, 0.2) is 42.7 Å². The first kappa shape index (κ1) is 14.9. The molecule has 0 aromatic carbocycles. The van der Waals surface area contributed by atoms with Gasteiger partial charge in [-0.1, -0.05) is 12.1 Å². The smallest absolute Gasteiger partial charge is 0.137 e. The van der Waals surface area contributed by atoms with Gasteiger partial charge < -0.3 is 5.32 Å². The third-order valence-electron chi connectivity index (χ3n) is 5.35. The maximum Gasteiger partial charge on any atom is 0.137 e. The molecule has 25 heavy (non-hydrogen) atoms. The Morgan fingerprint density at radius 1 is 1.08 bits per heavy atom. The minimum atomic E-state index is -0.776. The molecule has 0 unspecified atom stereocenters. The van der Waals surface area contributed by atoms with E-state index in [0.717, 1.165) is 35.7 Å². The Labute approximate surface area is 146 Å². The SMILES string of the molecule is F[C@H]1CCC[C@@H]1Nc1cccc(-c2cnc3ccc(C4CC4)cn23)n1. The van der Waals surface area contributed by atoms with Crippen LogP contribution in [0, 0.1) is 0 Å². The van der Waals surface area contributed by atoms with E-state index in [1.54, 1.807) is 0 Å². The number of nitrogens with one attached hydrogen (secondary N) is 1. The molecule has 128 valence electrons. The molecule has 3 aromatic heterocycles. The first-order valence-corrected chi connectivity index (χ1v) is 9.13. The van der Waals surface area contributed by atoms with Gasteiger partial charge in [-0.25, -0.2) is 14.4 Å². The summed E-state index contributed by atoms with van der Waals surface area (Å²) in [6.45, 7) is 0. The maximum absolute atomic E-state index is 13.9. The Kier molecular flexibility index (Phi) is 3.47. The average Bonchev–Trinajstić information content (AvgIpc) is 3.28. The molecular weight excluding hydrogens is 315 g/mol. The van der Waals surface area contributed by atoms with E-state index in [9.17, 15) is 4.39 Å². The van der Waals surface area contributed by atoms with Gasteiger partial charge in [-0.3, -0.25) is 4.40 Å². The molecule has 0 saturated heterocycles. The summed E-state index contributed by atoms with van der Waals surface area (Å²) >= 11 is 0. The van der Waals surface area contributed by atoms with Crippen LogP contribution >= 0.6 is 0 Å². The zero-order valence-corrected chi connectivity index (χ0v) is 14.0. The van der Waals surface area contributed by atoms with Gasteiger partial charge in [0.25, 0.3) is 0 Å². The monoisotopic (exact) mass is 336 g/mol. The van der Waals surface area contributed by atoms with Crippen LogP contribution < -0.4 is 5.32 Å². The second kappa shape index (κ2) is 5.83. The highest BCUT2D eigenvalue weighted by molar-refractivity contribution is 5.62. The van der Waals surface area contributed by atoms with E-state index in [1.807, 2.05) is 24.4 Å². The van der Waals surface area contributed by atoms with E-state index in [4.69, 9.17) is 4.98 Å². The van der Waals surface area contributed by atoms with E-state index in [2.05, 4.69) is 33.0 Å². The highest BCUT2D eigenvalue weighted by atomic mass is 19.1. The van der Waals surface area contributed by atoms with Crippen molar-refractivity contribution in [3.8, 4) is 11.4 Å². The fourth-order valence-electron chi connectivity index (χ4n) is 3.77. The van der Waals surface area contributed by atoms with Crippen molar-refractivity contribution in [3.63, 3.8) is 0 Å². The average molecular weight is 336 g/mol. The van der Waals surface area contributed by atoms with Crippen LogP contribution in [0.4, 0.5) is 10.2 Å². The molecule has 2 saturated carbocycles. The van der Waals surface area contributed by atoms with Crippen molar-refractivity contribution in [2.45, 2.75) is 50.2 Å². The van der Waals surface area contributed by atoms with Gasteiger partial charge >= 0.3 is 0 Å². The van der Waals surface area contributed by atoms with Gasteiger partial charge in [0.15, 0.2) is 0 Å². The summed E-state index contributed by atoms with van der Waals surface area (Å²) in [6.07, 6.45) is 8.29. The number of anilines is 1. The molecule has 0 spiro atoms. The second-order valence-electron chi connectivity index (χ2n) is 7.21. The van der Waals surface area contributed by atoms with Crippen molar-refractivity contribution >= 4 is 11.5 Å². The number of imidazole rings is 1. The van der Waals surface area contributed by atoms with Crippen molar-refractivity contribution in [2.24, 2.45) is 0 Å². The quantitative estimate of drug-likeness (QED) is 0.758. The largest absolute Gasteiger partial charge is 0.364 e. The minimum absolute atomic E-state index is 0.119. The molecule has 0 amide bonds. The molecule has 2 atom stereocenters. The lowest BCUT2D eigenvalue weighted by Gasteiger charge is -2.16. The molecule has 3 aromatic rings. The van der Waals surface area contributed by atoms with E-state index < -0.39 is 6.17 Å². The van der Waals surface area contributed by atoms with Crippen molar-refractivity contribution < 1.29 is 4.39 Å². The van der Waals surface area contributed by atoms with E-state index in [1.165, 1.54) is 18.4 Å². The number of hydrogen-bond donors (Lipinski definition) is 1. The molecule has 5 rings (SSSR count). The molecule has 1 N–H and O–H groups in total. The predicted octanol–water partition coefficient (Wildman–Crippen LogP) is 4.58. The molecule has 4 nitrogen and oxygen atoms in total. The fraction of sp³-hybridized carbons (Fsp3) is 0.400. The number of alkyl halides is 1. The van der Waals surface area contributed by atoms with Crippen LogP contribution in [-0.4, -0.2) is 26.6 Å². The van der Waals surface area contributed by atoms with Crippen molar-refractivity contribution in [1.82, 2.24) is 14.4 Å². The number of fused-ring (bicyclic) bond motifs is 1.